The summed E-state index contributed by atoms with van der Waals surface area (Å²) < 4.78 is 14.2. The van der Waals surface area contributed by atoms with Crippen LogP contribution in [0, 0.1) is 0 Å². The third kappa shape index (κ3) is 5.96. The third-order valence-electron chi connectivity index (χ3n) is 0.756. The minimum Gasteiger partial charge on any atom is -0.480 e. The number of carboxylic acids is 1. The summed E-state index contributed by atoms with van der Waals surface area (Å²) in [5, 5.41) is 8.16. The molecule has 0 heterocycles. The molecule has 0 amide bonds. The molecule has 0 spiro atoms. The predicted molar refractivity (Wildman–Crippen MR) is 35.6 cm³/mol. The molecule has 0 bridgehead atoms. The second-order valence-corrected chi connectivity index (χ2v) is 3.19. The molecular weight excluding hydrogens is 175 g/mol. The molecule has 0 saturated heterocycles. The molecular formula is C3H9N2O5P. The van der Waals surface area contributed by atoms with Crippen molar-refractivity contribution in [1.82, 2.24) is 0 Å². The van der Waals surface area contributed by atoms with Crippen molar-refractivity contribution in [3.8, 4) is 0 Å². The molecule has 7 nitrogen and oxygen atoms in total. The third-order valence-corrected chi connectivity index (χ3v) is 1.28. The molecule has 66 valence electrons. The van der Waals surface area contributed by atoms with Gasteiger partial charge in [-0.1, -0.05) is 0 Å². The molecule has 0 aromatic carbocycles. The second kappa shape index (κ2) is 3.80. The molecule has 6 N–H and O–H groups in total. The van der Waals surface area contributed by atoms with E-state index in [9.17, 15) is 9.36 Å². The number of carboxylic acid groups (broad SMARTS) is 1. The quantitative estimate of drug-likeness (QED) is 0.389. The van der Waals surface area contributed by atoms with Crippen LogP contribution in [0.5, 0.6) is 0 Å². The van der Waals surface area contributed by atoms with Gasteiger partial charge in [-0.15, -0.1) is 0 Å². The van der Waals surface area contributed by atoms with E-state index >= 15 is 0 Å². The van der Waals surface area contributed by atoms with Gasteiger partial charge in [0, 0.05) is 0 Å². The minimum absolute atomic E-state index is 0.584. The Morgan fingerprint density at radius 1 is 1.73 bits per heavy atom. The van der Waals surface area contributed by atoms with Crippen LogP contribution < -0.4 is 11.2 Å². The zero-order chi connectivity index (χ0) is 9.07. The summed E-state index contributed by atoms with van der Waals surface area (Å²) in [7, 11) is -4.10. The molecule has 0 fully saturated rings. The van der Waals surface area contributed by atoms with E-state index in [1.807, 2.05) is 0 Å². The van der Waals surface area contributed by atoms with E-state index in [0.29, 0.717) is 0 Å². The first-order chi connectivity index (χ1) is 4.83. The summed E-state index contributed by atoms with van der Waals surface area (Å²) in [5.74, 6) is -1.32. The molecule has 0 aliphatic carbocycles. The normalized spacial score (nSPS) is 18.8. The maximum absolute atomic E-state index is 10.2. The number of nitrogens with two attached hydrogens (primary N) is 2. The van der Waals surface area contributed by atoms with Crippen LogP contribution >= 0.6 is 7.75 Å². The van der Waals surface area contributed by atoms with Gasteiger partial charge in [0.25, 0.3) is 0 Å². The molecule has 11 heavy (non-hydrogen) atoms. The van der Waals surface area contributed by atoms with Crippen molar-refractivity contribution >= 4 is 13.7 Å². The highest BCUT2D eigenvalue weighted by Crippen LogP contribution is 2.30. The molecule has 0 aromatic heterocycles. The zero-order valence-electron chi connectivity index (χ0n) is 5.51. The molecule has 0 rings (SSSR count). The lowest BCUT2D eigenvalue weighted by Gasteiger charge is -2.08. The number of hydrogen-bond donors (Lipinski definition) is 4. The van der Waals surface area contributed by atoms with Gasteiger partial charge < -0.3 is 15.7 Å². The molecule has 0 aromatic rings. The summed E-state index contributed by atoms with van der Waals surface area (Å²) in [6.45, 7) is -0.584. The highest BCUT2D eigenvalue weighted by atomic mass is 31.2. The van der Waals surface area contributed by atoms with Gasteiger partial charge in [-0.2, -0.15) is 0 Å². The largest absolute Gasteiger partial charge is 0.480 e. The van der Waals surface area contributed by atoms with Crippen LogP contribution in [-0.4, -0.2) is 28.6 Å². The van der Waals surface area contributed by atoms with E-state index in [1.165, 1.54) is 0 Å². The fourth-order valence-corrected chi connectivity index (χ4v) is 0.633. The SMILES string of the molecule is N[C@@H](COP(N)(=O)O)C(=O)O. The van der Waals surface area contributed by atoms with E-state index in [1.54, 1.807) is 0 Å². The van der Waals surface area contributed by atoms with E-state index in [4.69, 9.17) is 15.7 Å². The van der Waals surface area contributed by atoms with Crippen molar-refractivity contribution in [2.45, 2.75) is 6.04 Å². The first-order valence-corrected chi connectivity index (χ1v) is 4.22. The van der Waals surface area contributed by atoms with Crippen molar-refractivity contribution in [1.29, 1.82) is 0 Å². The average Bonchev–Trinajstić information content (AvgIpc) is 1.80. The monoisotopic (exact) mass is 184 g/mol. The first kappa shape index (κ1) is 10.5. The van der Waals surface area contributed by atoms with Crippen molar-refractivity contribution in [2.24, 2.45) is 11.2 Å². The summed E-state index contributed by atoms with van der Waals surface area (Å²) in [4.78, 5) is 18.3. The van der Waals surface area contributed by atoms with Crippen LogP contribution in [0.4, 0.5) is 0 Å². The molecule has 0 radical (unpaired) electrons. The van der Waals surface area contributed by atoms with Gasteiger partial charge in [0.05, 0.1) is 6.61 Å². The fourth-order valence-electron chi connectivity index (χ4n) is 0.258. The standard InChI is InChI=1S/C3H9N2O5P/c4-2(3(6)7)1-10-11(5,8)9/h2H,1,4H2,(H,6,7)(H3,5,8,9)/t2-/m0/s1. The molecule has 2 atom stereocenters. The lowest BCUT2D eigenvalue weighted by Crippen LogP contribution is -2.34. The molecule has 0 aliphatic heterocycles. The van der Waals surface area contributed by atoms with Crippen LogP contribution in [-0.2, 0) is 13.9 Å². The smallest absolute Gasteiger partial charge is 0.400 e. The minimum atomic E-state index is -4.10. The Hall–Kier alpha value is -0.460. The lowest BCUT2D eigenvalue weighted by molar-refractivity contribution is -0.139. The average molecular weight is 184 g/mol. The topological polar surface area (TPSA) is 136 Å². The number of carbonyl (C=O) groups is 1. The Kier molecular flexibility index (Phi) is 3.64. The van der Waals surface area contributed by atoms with Gasteiger partial charge in [-0.25, -0.2) is 10.1 Å². The Labute approximate surface area is 62.5 Å². The predicted octanol–water partition coefficient (Wildman–Crippen LogP) is -1.53. The Morgan fingerprint density at radius 3 is 2.45 bits per heavy atom. The van der Waals surface area contributed by atoms with Gasteiger partial charge in [-0.05, 0) is 0 Å². The van der Waals surface area contributed by atoms with Crippen molar-refractivity contribution in [3.05, 3.63) is 0 Å². The summed E-state index contributed by atoms with van der Waals surface area (Å²) in [6, 6.07) is -1.33. The van der Waals surface area contributed by atoms with Gasteiger partial charge in [0.2, 0.25) is 0 Å². The fraction of sp³-hybridized carbons (Fsp3) is 0.667. The zero-order valence-corrected chi connectivity index (χ0v) is 6.40. The van der Waals surface area contributed by atoms with E-state index in [-0.39, 0.29) is 0 Å². The van der Waals surface area contributed by atoms with Crippen LogP contribution in [0.15, 0.2) is 0 Å². The van der Waals surface area contributed by atoms with Gasteiger partial charge in [-0.3, -0.25) is 9.32 Å². The van der Waals surface area contributed by atoms with Gasteiger partial charge in [0.1, 0.15) is 6.04 Å². The van der Waals surface area contributed by atoms with Crippen LogP contribution in [0.1, 0.15) is 0 Å². The Morgan fingerprint density at radius 2 is 2.18 bits per heavy atom. The number of rotatable bonds is 4. The second-order valence-electron chi connectivity index (χ2n) is 1.80. The first-order valence-electron chi connectivity index (χ1n) is 2.57. The molecule has 8 heteroatoms. The van der Waals surface area contributed by atoms with Crippen molar-refractivity contribution in [3.63, 3.8) is 0 Å². The maximum atomic E-state index is 10.2. The highest BCUT2D eigenvalue weighted by molar-refractivity contribution is 7.50. The van der Waals surface area contributed by atoms with E-state index in [2.05, 4.69) is 10.0 Å². The van der Waals surface area contributed by atoms with Crippen molar-refractivity contribution < 1.29 is 23.9 Å². The van der Waals surface area contributed by atoms with Crippen LogP contribution in [0.3, 0.4) is 0 Å². The molecule has 0 aliphatic rings. The summed E-state index contributed by atoms with van der Waals surface area (Å²) in [5.41, 5.74) is 9.44. The molecule has 1 unspecified atom stereocenters. The molecule has 0 saturated carbocycles. The lowest BCUT2D eigenvalue weighted by atomic mass is 10.3. The van der Waals surface area contributed by atoms with E-state index in [0.717, 1.165) is 0 Å². The highest BCUT2D eigenvalue weighted by Gasteiger charge is 2.17. The Bertz CT molecular complexity index is 188. The van der Waals surface area contributed by atoms with Gasteiger partial charge >= 0.3 is 13.7 Å². The maximum Gasteiger partial charge on any atom is 0.400 e. The summed E-state index contributed by atoms with van der Waals surface area (Å²) in [6.07, 6.45) is 0. The van der Waals surface area contributed by atoms with Gasteiger partial charge in [0.15, 0.2) is 0 Å². The van der Waals surface area contributed by atoms with Crippen molar-refractivity contribution in [2.75, 3.05) is 6.61 Å². The Balaban J connectivity index is 3.72. The van der Waals surface area contributed by atoms with Crippen LogP contribution in [0.25, 0.3) is 0 Å². The van der Waals surface area contributed by atoms with E-state index < -0.39 is 26.4 Å². The van der Waals surface area contributed by atoms with Crippen LogP contribution in [0.2, 0.25) is 0 Å². The number of hydrogen-bond acceptors (Lipinski definition) is 4. The summed E-state index contributed by atoms with van der Waals surface area (Å²) >= 11 is 0. The number of aliphatic carboxylic acids is 1.